The van der Waals surface area contributed by atoms with Crippen molar-refractivity contribution in [2.24, 2.45) is 5.73 Å². The molecule has 9 rings (SSSR count). The fourth-order valence-corrected chi connectivity index (χ4v) is 8.11. The van der Waals surface area contributed by atoms with Crippen molar-refractivity contribution < 1.29 is 0 Å². The third-order valence-corrected chi connectivity index (χ3v) is 10.5. The minimum atomic E-state index is -0.355. The maximum atomic E-state index is 5.60. The van der Waals surface area contributed by atoms with Gasteiger partial charge in [-0.05, 0) is 115 Å². The Kier molecular flexibility index (Phi) is 7.73. The van der Waals surface area contributed by atoms with Crippen LogP contribution >= 0.6 is 0 Å². The third-order valence-electron chi connectivity index (χ3n) is 10.5. The number of hydrogen-bond acceptors (Lipinski definition) is 2. The van der Waals surface area contributed by atoms with Gasteiger partial charge in [0.15, 0.2) is 0 Å². The van der Waals surface area contributed by atoms with E-state index in [1.54, 1.807) is 18.2 Å². The van der Waals surface area contributed by atoms with Crippen molar-refractivity contribution in [3.8, 4) is 33.4 Å². The van der Waals surface area contributed by atoms with Crippen molar-refractivity contribution in [3.05, 3.63) is 204 Å². The molecular formula is C48H40N2. The second kappa shape index (κ2) is 12.4. The second-order valence-corrected chi connectivity index (χ2v) is 13.3. The van der Waals surface area contributed by atoms with Crippen LogP contribution in [0.2, 0.25) is 0 Å². The van der Waals surface area contributed by atoms with Gasteiger partial charge in [-0.1, -0.05) is 146 Å². The van der Waals surface area contributed by atoms with Crippen LogP contribution in [0.3, 0.4) is 0 Å². The molecule has 1 spiro atoms. The van der Waals surface area contributed by atoms with E-state index in [0.717, 1.165) is 11.4 Å². The minimum Gasteiger partial charge on any atom is -0.397 e. The van der Waals surface area contributed by atoms with Gasteiger partial charge in [-0.15, -0.1) is 0 Å². The van der Waals surface area contributed by atoms with Crippen LogP contribution in [-0.2, 0) is 5.41 Å². The summed E-state index contributed by atoms with van der Waals surface area (Å²) in [6, 6.07) is 52.4. The van der Waals surface area contributed by atoms with Crippen LogP contribution in [0.15, 0.2) is 176 Å². The average Bonchev–Trinajstić information content (AvgIpc) is 3.62. The van der Waals surface area contributed by atoms with E-state index in [9.17, 15) is 0 Å². The van der Waals surface area contributed by atoms with E-state index in [1.807, 2.05) is 14.0 Å². The topological polar surface area (TPSA) is 38.0 Å². The zero-order valence-corrected chi connectivity index (χ0v) is 28.8. The molecule has 242 valence electrons. The molecule has 0 radical (unpaired) electrons. The predicted molar refractivity (Wildman–Crippen MR) is 213 cm³/mol. The maximum absolute atomic E-state index is 5.60. The molecule has 7 aromatic carbocycles. The molecule has 0 saturated heterocycles. The molecule has 0 aromatic heterocycles. The van der Waals surface area contributed by atoms with E-state index >= 15 is 0 Å². The highest BCUT2D eigenvalue weighted by atomic mass is 14.8. The van der Waals surface area contributed by atoms with Crippen LogP contribution in [0.1, 0.15) is 34.7 Å². The Morgan fingerprint density at radius 2 is 1.30 bits per heavy atom. The lowest BCUT2D eigenvalue weighted by Gasteiger charge is -2.31. The molecule has 0 fully saturated rings. The number of aryl methyl sites for hydroxylation is 1. The van der Waals surface area contributed by atoms with E-state index < -0.39 is 0 Å². The first-order chi connectivity index (χ1) is 24.4. The smallest absolute Gasteiger partial charge is 0.0731 e. The Morgan fingerprint density at radius 1 is 0.620 bits per heavy atom. The lowest BCUT2D eigenvalue weighted by molar-refractivity contribution is 0.802. The number of rotatable bonds is 4. The normalized spacial score (nSPS) is 13.7. The molecular weight excluding hydrogens is 605 g/mol. The lowest BCUT2D eigenvalue weighted by atomic mass is 9.69. The fraction of sp³-hybridized carbons (Fsp3) is 0.0833. The van der Waals surface area contributed by atoms with Crippen molar-refractivity contribution in [2.45, 2.75) is 19.3 Å². The van der Waals surface area contributed by atoms with Gasteiger partial charge in [0, 0.05) is 12.7 Å². The van der Waals surface area contributed by atoms with Gasteiger partial charge in [-0.25, -0.2) is 0 Å². The first kappa shape index (κ1) is 31.2. The van der Waals surface area contributed by atoms with E-state index in [1.165, 1.54) is 82.7 Å². The standard InChI is InChI=1S/C40H26.C8H14N2/c1-25-9-8-11-27(21-25)28-17-18-29-23-35-34-20-19-26-10-2-3-12-31(26)39(34)40(38(35)24-30(29)22-28)36-15-6-4-13-32(36)33-14-5-7-16-37(33)40;1-4-5-6-8(9)7(2)10-3/h2-24H,1H3;4-6,10H,1,9H2,2-3H3/b;6-5-,8-7-. The van der Waals surface area contributed by atoms with Gasteiger partial charge in [0.2, 0.25) is 0 Å². The molecule has 0 saturated carbocycles. The third kappa shape index (κ3) is 4.79. The van der Waals surface area contributed by atoms with Crippen molar-refractivity contribution in [1.29, 1.82) is 0 Å². The summed E-state index contributed by atoms with van der Waals surface area (Å²) >= 11 is 0. The summed E-state index contributed by atoms with van der Waals surface area (Å²) in [4.78, 5) is 0. The zero-order chi connectivity index (χ0) is 34.4. The van der Waals surface area contributed by atoms with Gasteiger partial charge in [0.05, 0.1) is 11.1 Å². The van der Waals surface area contributed by atoms with Crippen molar-refractivity contribution in [2.75, 3.05) is 7.05 Å². The molecule has 50 heavy (non-hydrogen) atoms. The highest BCUT2D eigenvalue weighted by Crippen LogP contribution is 2.64. The molecule has 0 atom stereocenters. The van der Waals surface area contributed by atoms with E-state index in [4.69, 9.17) is 5.73 Å². The molecule has 0 bridgehead atoms. The minimum absolute atomic E-state index is 0.355. The SMILES string of the molecule is C=C/C=C\C(N)=C(/C)NC.Cc1cccc(-c2ccc3cc4c(cc3c2)C2(c3ccccc3-c3ccccc32)c2c-4ccc3ccccc23)c1. The number of fused-ring (bicyclic) bond motifs is 13. The number of allylic oxidation sites excluding steroid dienone is 4. The molecule has 0 amide bonds. The predicted octanol–water partition coefficient (Wildman–Crippen LogP) is 11.5. The van der Waals surface area contributed by atoms with Gasteiger partial charge in [-0.2, -0.15) is 0 Å². The monoisotopic (exact) mass is 644 g/mol. The molecule has 3 N–H and O–H groups in total. The average molecular weight is 645 g/mol. The highest BCUT2D eigenvalue weighted by Gasteiger charge is 2.52. The van der Waals surface area contributed by atoms with Crippen LogP contribution < -0.4 is 11.1 Å². The maximum Gasteiger partial charge on any atom is 0.0731 e. The Labute approximate surface area is 294 Å². The first-order valence-corrected chi connectivity index (χ1v) is 17.3. The van der Waals surface area contributed by atoms with Crippen molar-refractivity contribution >= 4 is 21.5 Å². The van der Waals surface area contributed by atoms with Crippen LogP contribution in [0.4, 0.5) is 0 Å². The highest BCUT2D eigenvalue weighted by molar-refractivity contribution is 6.06. The van der Waals surface area contributed by atoms with Crippen molar-refractivity contribution in [1.82, 2.24) is 5.32 Å². The van der Waals surface area contributed by atoms with E-state index in [2.05, 4.69) is 158 Å². The number of benzene rings is 7. The van der Waals surface area contributed by atoms with Crippen LogP contribution in [-0.4, -0.2) is 7.05 Å². The van der Waals surface area contributed by atoms with Crippen molar-refractivity contribution in [3.63, 3.8) is 0 Å². The van der Waals surface area contributed by atoms with Gasteiger partial charge in [0.1, 0.15) is 0 Å². The van der Waals surface area contributed by atoms with Gasteiger partial charge in [0.25, 0.3) is 0 Å². The van der Waals surface area contributed by atoms with Gasteiger partial charge >= 0.3 is 0 Å². The van der Waals surface area contributed by atoms with Crippen LogP contribution in [0.25, 0.3) is 54.9 Å². The molecule has 0 heterocycles. The molecule has 2 aliphatic carbocycles. The quantitative estimate of drug-likeness (QED) is 0.187. The summed E-state index contributed by atoms with van der Waals surface area (Å²) in [6.07, 6.45) is 5.30. The number of nitrogens with one attached hydrogen (secondary N) is 1. The Bertz CT molecular complexity index is 2480. The largest absolute Gasteiger partial charge is 0.397 e. The number of nitrogens with two attached hydrogens (primary N) is 1. The molecule has 2 nitrogen and oxygen atoms in total. The summed E-state index contributed by atoms with van der Waals surface area (Å²) < 4.78 is 0. The lowest BCUT2D eigenvalue weighted by Crippen LogP contribution is -2.26. The Morgan fingerprint density at radius 3 is 2.02 bits per heavy atom. The van der Waals surface area contributed by atoms with E-state index in [0.29, 0.717) is 0 Å². The van der Waals surface area contributed by atoms with Gasteiger partial charge in [-0.3, -0.25) is 0 Å². The summed E-state index contributed by atoms with van der Waals surface area (Å²) in [5.41, 5.74) is 21.8. The molecule has 2 aliphatic rings. The molecule has 2 heteroatoms. The number of hydrogen-bond donors (Lipinski definition) is 2. The summed E-state index contributed by atoms with van der Waals surface area (Å²) in [5.74, 6) is 0. The summed E-state index contributed by atoms with van der Waals surface area (Å²) in [5, 5.41) is 8.15. The molecule has 0 unspecified atom stereocenters. The Balaban J connectivity index is 0.000000318. The van der Waals surface area contributed by atoms with E-state index in [-0.39, 0.29) is 5.41 Å². The van der Waals surface area contributed by atoms with Crippen LogP contribution in [0, 0.1) is 6.92 Å². The Hall–Kier alpha value is -6.12. The van der Waals surface area contributed by atoms with Gasteiger partial charge < -0.3 is 11.1 Å². The van der Waals surface area contributed by atoms with Crippen LogP contribution in [0.5, 0.6) is 0 Å². The fourth-order valence-electron chi connectivity index (χ4n) is 8.11. The second-order valence-electron chi connectivity index (χ2n) is 13.3. The summed E-state index contributed by atoms with van der Waals surface area (Å²) in [6.45, 7) is 7.62. The summed E-state index contributed by atoms with van der Waals surface area (Å²) in [7, 11) is 1.84. The first-order valence-electron chi connectivity index (χ1n) is 17.3. The molecule has 7 aromatic rings. The molecule has 0 aliphatic heterocycles. The zero-order valence-electron chi connectivity index (χ0n) is 28.8.